The van der Waals surface area contributed by atoms with Gasteiger partial charge in [-0.15, -0.1) is 11.8 Å². The number of rotatable bonds is 8. The van der Waals surface area contributed by atoms with Gasteiger partial charge in [0.1, 0.15) is 0 Å². The average Bonchev–Trinajstić information content (AvgIpc) is 2.47. The molecule has 1 aromatic rings. The van der Waals surface area contributed by atoms with E-state index in [9.17, 15) is 4.79 Å². The molecule has 0 unspecified atom stereocenters. The number of hydrogen-bond acceptors (Lipinski definition) is 4. The van der Waals surface area contributed by atoms with Crippen molar-refractivity contribution in [2.45, 2.75) is 36.8 Å². The van der Waals surface area contributed by atoms with E-state index in [1.165, 1.54) is 11.8 Å². The molecule has 1 atom stereocenters. The van der Waals surface area contributed by atoms with Gasteiger partial charge < -0.3 is 14.8 Å². The van der Waals surface area contributed by atoms with Gasteiger partial charge in [-0.1, -0.05) is 13.3 Å². The minimum absolute atomic E-state index is 0.0678. The normalized spacial score (nSPS) is 11.8. The number of hydrogen-bond donors (Lipinski definition) is 1. The Morgan fingerprint density at radius 2 is 2.00 bits per heavy atom. The Labute approximate surface area is 125 Å². The van der Waals surface area contributed by atoms with Crippen molar-refractivity contribution in [1.29, 1.82) is 0 Å². The molecule has 1 amide bonds. The molecule has 0 saturated carbocycles. The molecule has 0 bridgehead atoms. The lowest BCUT2D eigenvalue weighted by molar-refractivity contribution is -0.120. The molecule has 0 saturated heterocycles. The molecule has 5 heteroatoms. The molecular weight excluding hydrogens is 274 g/mol. The Hall–Kier alpha value is -1.36. The van der Waals surface area contributed by atoms with Gasteiger partial charge in [0.25, 0.3) is 0 Å². The highest BCUT2D eigenvalue weighted by Gasteiger charge is 2.15. The summed E-state index contributed by atoms with van der Waals surface area (Å²) >= 11 is 1.51. The first-order chi connectivity index (χ1) is 9.62. The van der Waals surface area contributed by atoms with E-state index in [1.807, 2.05) is 25.1 Å². The van der Waals surface area contributed by atoms with Crippen molar-refractivity contribution in [3.63, 3.8) is 0 Å². The zero-order valence-electron chi connectivity index (χ0n) is 12.6. The fourth-order valence-electron chi connectivity index (χ4n) is 1.68. The van der Waals surface area contributed by atoms with Gasteiger partial charge in [0.2, 0.25) is 5.91 Å². The van der Waals surface area contributed by atoms with Crippen LogP contribution in [0.1, 0.15) is 26.7 Å². The second-order valence-electron chi connectivity index (χ2n) is 4.42. The summed E-state index contributed by atoms with van der Waals surface area (Å²) in [5.41, 5.74) is 0. The van der Waals surface area contributed by atoms with Gasteiger partial charge in [0, 0.05) is 11.4 Å². The molecule has 4 nitrogen and oxygen atoms in total. The SMILES string of the molecule is CCCCNC(=O)[C@H](C)Sc1ccc(OC)c(OC)c1. The maximum absolute atomic E-state index is 11.9. The molecule has 0 spiro atoms. The summed E-state index contributed by atoms with van der Waals surface area (Å²) in [6, 6.07) is 5.67. The third-order valence-electron chi connectivity index (χ3n) is 2.87. The van der Waals surface area contributed by atoms with E-state index in [-0.39, 0.29) is 11.2 Å². The number of amides is 1. The molecule has 0 heterocycles. The maximum Gasteiger partial charge on any atom is 0.233 e. The van der Waals surface area contributed by atoms with E-state index in [2.05, 4.69) is 12.2 Å². The van der Waals surface area contributed by atoms with Gasteiger partial charge >= 0.3 is 0 Å². The predicted octanol–water partition coefficient (Wildman–Crippen LogP) is 3.10. The fourth-order valence-corrected chi connectivity index (χ4v) is 2.60. The molecule has 0 fully saturated rings. The van der Waals surface area contributed by atoms with Gasteiger partial charge in [-0.3, -0.25) is 4.79 Å². The van der Waals surface area contributed by atoms with Crippen LogP contribution in [0.2, 0.25) is 0 Å². The molecule has 0 aliphatic rings. The number of nitrogens with one attached hydrogen (secondary N) is 1. The van der Waals surface area contributed by atoms with Gasteiger partial charge in [-0.2, -0.15) is 0 Å². The standard InChI is InChI=1S/C15H23NO3S/c1-5-6-9-16-15(17)11(2)20-12-7-8-13(18-3)14(10-12)19-4/h7-8,10-11H,5-6,9H2,1-4H3,(H,16,17)/t11-/m0/s1. The molecule has 0 aliphatic heterocycles. The topological polar surface area (TPSA) is 47.6 Å². The first kappa shape index (κ1) is 16.7. The largest absolute Gasteiger partial charge is 0.493 e. The molecule has 0 aliphatic carbocycles. The lowest BCUT2D eigenvalue weighted by Gasteiger charge is -2.13. The van der Waals surface area contributed by atoms with Gasteiger partial charge in [0.15, 0.2) is 11.5 Å². The summed E-state index contributed by atoms with van der Waals surface area (Å²) in [4.78, 5) is 12.9. The summed E-state index contributed by atoms with van der Waals surface area (Å²) < 4.78 is 10.5. The van der Waals surface area contributed by atoms with Crippen molar-refractivity contribution in [2.75, 3.05) is 20.8 Å². The van der Waals surface area contributed by atoms with Crippen LogP contribution < -0.4 is 14.8 Å². The highest BCUT2D eigenvalue weighted by Crippen LogP contribution is 2.33. The van der Waals surface area contributed by atoms with Crippen LogP contribution in [0.5, 0.6) is 11.5 Å². The second-order valence-corrected chi connectivity index (χ2v) is 5.84. The first-order valence-electron chi connectivity index (χ1n) is 6.78. The van der Waals surface area contributed by atoms with Crippen LogP contribution in [-0.2, 0) is 4.79 Å². The summed E-state index contributed by atoms with van der Waals surface area (Å²) in [7, 11) is 3.21. The van der Waals surface area contributed by atoms with Crippen molar-refractivity contribution >= 4 is 17.7 Å². The number of methoxy groups -OCH3 is 2. The van der Waals surface area contributed by atoms with Crippen LogP contribution in [0.15, 0.2) is 23.1 Å². The van der Waals surface area contributed by atoms with E-state index < -0.39 is 0 Å². The minimum Gasteiger partial charge on any atom is -0.493 e. The Balaban J connectivity index is 2.61. The predicted molar refractivity (Wildman–Crippen MR) is 82.8 cm³/mol. The van der Waals surface area contributed by atoms with Crippen LogP contribution >= 0.6 is 11.8 Å². The van der Waals surface area contributed by atoms with Crippen LogP contribution in [0.4, 0.5) is 0 Å². The molecule has 0 radical (unpaired) electrons. The number of unbranched alkanes of at least 4 members (excludes halogenated alkanes) is 1. The highest BCUT2D eigenvalue weighted by atomic mass is 32.2. The Morgan fingerprint density at radius 1 is 1.30 bits per heavy atom. The molecule has 20 heavy (non-hydrogen) atoms. The number of carbonyl (C=O) groups excluding carboxylic acids is 1. The molecule has 112 valence electrons. The van der Waals surface area contributed by atoms with Crippen LogP contribution in [0.25, 0.3) is 0 Å². The third kappa shape index (κ3) is 4.96. The summed E-state index contributed by atoms with van der Waals surface area (Å²) in [6.07, 6.45) is 2.09. The molecule has 1 aromatic carbocycles. The quantitative estimate of drug-likeness (QED) is 0.591. The first-order valence-corrected chi connectivity index (χ1v) is 7.66. The van der Waals surface area contributed by atoms with Crippen molar-refractivity contribution in [3.8, 4) is 11.5 Å². The van der Waals surface area contributed by atoms with Crippen molar-refractivity contribution in [2.24, 2.45) is 0 Å². The molecule has 1 N–H and O–H groups in total. The third-order valence-corrected chi connectivity index (χ3v) is 3.96. The van der Waals surface area contributed by atoms with E-state index in [4.69, 9.17) is 9.47 Å². The average molecular weight is 297 g/mol. The summed E-state index contributed by atoms with van der Waals surface area (Å²) in [5, 5.41) is 2.80. The lowest BCUT2D eigenvalue weighted by atomic mass is 10.3. The lowest BCUT2D eigenvalue weighted by Crippen LogP contribution is -2.31. The second kappa shape index (κ2) is 8.74. The van der Waals surface area contributed by atoms with E-state index in [0.29, 0.717) is 11.5 Å². The Morgan fingerprint density at radius 3 is 2.60 bits per heavy atom. The van der Waals surface area contributed by atoms with Gasteiger partial charge in [-0.25, -0.2) is 0 Å². The summed E-state index contributed by atoms with van der Waals surface area (Å²) in [5.74, 6) is 1.44. The van der Waals surface area contributed by atoms with E-state index >= 15 is 0 Å². The van der Waals surface area contributed by atoms with Crippen LogP contribution in [0, 0.1) is 0 Å². The van der Waals surface area contributed by atoms with E-state index in [1.54, 1.807) is 14.2 Å². The zero-order chi connectivity index (χ0) is 15.0. The zero-order valence-corrected chi connectivity index (χ0v) is 13.4. The van der Waals surface area contributed by atoms with Gasteiger partial charge in [0.05, 0.1) is 19.5 Å². The monoisotopic (exact) mass is 297 g/mol. The van der Waals surface area contributed by atoms with Crippen molar-refractivity contribution in [3.05, 3.63) is 18.2 Å². The Bertz CT molecular complexity index is 437. The molecule has 1 rings (SSSR count). The van der Waals surface area contributed by atoms with Crippen LogP contribution in [-0.4, -0.2) is 31.9 Å². The highest BCUT2D eigenvalue weighted by molar-refractivity contribution is 8.00. The van der Waals surface area contributed by atoms with Gasteiger partial charge in [-0.05, 0) is 31.5 Å². The van der Waals surface area contributed by atoms with Crippen molar-refractivity contribution in [1.82, 2.24) is 5.32 Å². The minimum atomic E-state index is -0.134. The molecule has 0 aromatic heterocycles. The Kier molecular flexibility index (Phi) is 7.30. The number of thioether (sulfide) groups is 1. The smallest absolute Gasteiger partial charge is 0.233 e. The number of ether oxygens (including phenoxy) is 2. The molecular formula is C15H23NO3S. The van der Waals surface area contributed by atoms with Crippen LogP contribution in [0.3, 0.4) is 0 Å². The maximum atomic E-state index is 11.9. The summed E-state index contributed by atoms with van der Waals surface area (Å²) in [6.45, 7) is 4.75. The fraction of sp³-hybridized carbons (Fsp3) is 0.533. The van der Waals surface area contributed by atoms with Crippen molar-refractivity contribution < 1.29 is 14.3 Å². The number of carbonyl (C=O) groups is 1. The number of benzene rings is 1. The van der Waals surface area contributed by atoms with E-state index in [0.717, 1.165) is 24.3 Å².